The fourth-order valence-corrected chi connectivity index (χ4v) is 2.84. The lowest BCUT2D eigenvalue weighted by Gasteiger charge is -2.28. The summed E-state index contributed by atoms with van der Waals surface area (Å²) in [6.07, 6.45) is 1.60. The number of rotatable bonds is 6. The number of morpholine rings is 1. The Kier molecular flexibility index (Phi) is 5.44. The van der Waals surface area contributed by atoms with Crippen molar-refractivity contribution in [1.29, 1.82) is 0 Å². The number of aliphatic hydroxyl groups excluding tert-OH is 1. The van der Waals surface area contributed by atoms with Gasteiger partial charge in [-0.2, -0.15) is 0 Å². The molecule has 0 spiro atoms. The lowest BCUT2D eigenvalue weighted by Crippen LogP contribution is -2.46. The molecule has 3 heterocycles. The topological polar surface area (TPSA) is 112 Å². The zero-order valence-electron chi connectivity index (χ0n) is 13.8. The predicted molar refractivity (Wildman–Crippen MR) is 90.1 cm³/mol. The first-order chi connectivity index (χ1) is 11.6. The minimum atomic E-state index is -0.807. The molecule has 24 heavy (non-hydrogen) atoms. The molecule has 1 saturated heterocycles. The predicted octanol–water partition coefficient (Wildman–Crippen LogP) is -0.276. The van der Waals surface area contributed by atoms with Gasteiger partial charge in [-0.1, -0.05) is 0 Å². The van der Waals surface area contributed by atoms with Crippen LogP contribution in [0.5, 0.6) is 0 Å². The molecule has 0 aliphatic carbocycles. The first-order valence-electron chi connectivity index (χ1n) is 8.29. The number of nitrogens with zero attached hydrogens (tertiary/aromatic N) is 3. The van der Waals surface area contributed by atoms with Crippen LogP contribution in [0.1, 0.15) is 13.3 Å². The van der Waals surface area contributed by atoms with Crippen molar-refractivity contribution in [3.8, 4) is 0 Å². The molecule has 0 radical (unpaired) electrons. The molecule has 2 aliphatic heterocycles. The van der Waals surface area contributed by atoms with Crippen LogP contribution >= 0.6 is 0 Å². The van der Waals surface area contributed by atoms with Gasteiger partial charge in [0.2, 0.25) is 5.91 Å². The van der Waals surface area contributed by atoms with Gasteiger partial charge in [0.05, 0.1) is 19.3 Å². The molecule has 9 heteroatoms. The van der Waals surface area contributed by atoms with E-state index in [-0.39, 0.29) is 5.91 Å². The van der Waals surface area contributed by atoms with Crippen molar-refractivity contribution in [1.82, 2.24) is 14.9 Å². The Bertz CT molecular complexity index is 576. The number of ether oxygens (including phenoxy) is 1. The van der Waals surface area contributed by atoms with Crippen LogP contribution in [0.25, 0.3) is 0 Å². The Morgan fingerprint density at radius 3 is 3.00 bits per heavy atom. The molecule has 1 aromatic heterocycles. The molecule has 132 valence electrons. The third-order valence-electron chi connectivity index (χ3n) is 4.20. The molecule has 0 aromatic carbocycles. The molecule has 0 saturated carbocycles. The van der Waals surface area contributed by atoms with Crippen molar-refractivity contribution >= 4 is 23.2 Å². The average molecular weight is 336 g/mol. The van der Waals surface area contributed by atoms with Gasteiger partial charge in [-0.15, -0.1) is 0 Å². The molecule has 4 N–H and O–H groups in total. The highest BCUT2D eigenvalue weighted by Crippen LogP contribution is 2.30. The number of aliphatic hydroxyl groups is 1. The number of carbonyl (C=O) groups is 1. The quantitative estimate of drug-likeness (QED) is 0.525. The molecule has 2 aliphatic rings. The van der Waals surface area contributed by atoms with E-state index in [0.717, 1.165) is 45.8 Å². The molecule has 3 rings (SSSR count). The lowest BCUT2D eigenvalue weighted by atomic mass is 10.1. The Balaban J connectivity index is 1.55. The minimum absolute atomic E-state index is 0.288. The number of anilines is 3. The van der Waals surface area contributed by atoms with E-state index in [4.69, 9.17) is 4.74 Å². The second kappa shape index (κ2) is 7.73. The Morgan fingerprint density at radius 1 is 1.46 bits per heavy atom. The summed E-state index contributed by atoms with van der Waals surface area (Å²) in [7, 11) is 0. The van der Waals surface area contributed by atoms with Crippen molar-refractivity contribution < 1.29 is 14.6 Å². The standard InChI is InChI=1S/C15H24N6O3/c1-10(22)11-15(23)20-12-13(17-9-18-14(12)19-11)16-3-2-4-21-5-7-24-8-6-21/h9-11,22H,2-8H2,1H3,(H,20,23)(H2,16,17,18,19)/t10-,11+/m1/s1. The number of amides is 1. The smallest absolute Gasteiger partial charge is 0.249 e. The number of fused-ring (bicyclic) bond motifs is 1. The van der Waals surface area contributed by atoms with Crippen LogP contribution in [0.4, 0.5) is 17.3 Å². The van der Waals surface area contributed by atoms with Crippen molar-refractivity contribution in [2.45, 2.75) is 25.5 Å². The summed E-state index contributed by atoms with van der Waals surface area (Å²) in [6.45, 7) is 6.86. The molecule has 1 amide bonds. The van der Waals surface area contributed by atoms with Gasteiger partial charge in [-0.3, -0.25) is 9.69 Å². The molecule has 2 atom stereocenters. The number of nitrogens with one attached hydrogen (secondary N) is 3. The van der Waals surface area contributed by atoms with Crippen LogP contribution in [-0.2, 0) is 9.53 Å². The van der Waals surface area contributed by atoms with Crippen LogP contribution in [0.2, 0.25) is 0 Å². The maximum Gasteiger partial charge on any atom is 0.249 e. The van der Waals surface area contributed by atoms with Gasteiger partial charge in [0, 0.05) is 19.6 Å². The summed E-state index contributed by atoms with van der Waals surface area (Å²) in [4.78, 5) is 22.8. The molecular weight excluding hydrogens is 312 g/mol. The van der Waals surface area contributed by atoms with Crippen LogP contribution in [0.15, 0.2) is 6.33 Å². The molecule has 1 aromatic rings. The van der Waals surface area contributed by atoms with Gasteiger partial charge in [-0.05, 0) is 19.9 Å². The summed E-state index contributed by atoms with van der Waals surface area (Å²) in [6, 6.07) is -0.707. The number of aromatic nitrogens is 2. The van der Waals surface area contributed by atoms with E-state index in [1.807, 2.05) is 0 Å². The Morgan fingerprint density at radius 2 is 2.25 bits per heavy atom. The number of hydrogen-bond acceptors (Lipinski definition) is 8. The molecule has 1 fully saturated rings. The highest BCUT2D eigenvalue weighted by molar-refractivity contribution is 6.05. The summed E-state index contributed by atoms with van der Waals surface area (Å²) in [5.74, 6) is 0.821. The fourth-order valence-electron chi connectivity index (χ4n) is 2.84. The second-order valence-corrected chi connectivity index (χ2v) is 6.03. The minimum Gasteiger partial charge on any atom is -0.391 e. The monoisotopic (exact) mass is 336 g/mol. The van der Waals surface area contributed by atoms with Crippen molar-refractivity contribution in [3.63, 3.8) is 0 Å². The van der Waals surface area contributed by atoms with Gasteiger partial charge < -0.3 is 25.8 Å². The van der Waals surface area contributed by atoms with E-state index in [1.54, 1.807) is 6.92 Å². The Hall–Kier alpha value is -1.97. The van der Waals surface area contributed by atoms with Crippen LogP contribution in [0.3, 0.4) is 0 Å². The third-order valence-corrected chi connectivity index (χ3v) is 4.20. The highest BCUT2D eigenvalue weighted by Gasteiger charge is 2.31. The van der Waals surface area contributed by atoms with E-state index < -0.39 is 12.1 Å². The normalized spacial score (nSPS) is 22.2. The van der Waals surface area contributed by atoms with Gasteiger partial charge in [0.25, 0.3) is 0 Å². The summed E-state index contributed by atoms with van der Waals surface area (Å²) >= 11 is 0. The molecule has 0 unspecified atom stereocenters. The van der Waals surface area contributed by atoms with E-state index in [0.29, 0.717) is 17.3 Å². The van der Waals surface area contributed by atoms with Crippen LogP contribution in [0, 0.1) is 0 Å². The van der Waals surface area contributed by atoms with Crippen molar-refractivity contribution in [2.24, 2.45) is 0 Å². The fraction of sp³-hybridized carbons (Fsp3) is 0.667. The first kappa shape index (κ1) is 16.9. The average Bonchev–Trinajstić information content (AvgIpc) is 2.59. The van der Waals surface area contributed by atoms with Gasteiger partial charge in [0.1, 0.15) is 18.1 Å². The van der Waals surface area contributed by atoms with E-state index in [1.165, 1.54) is 6.33 Å². The van der Waals surface area contributed by atoms with E-state index in [2.05, 4.69) is 30.8 Å². The van der Waals surface area contributed by atoms with Gasteiger partial charge in [0.15, 0.2) is 11.6 Å². The summed E-state index contributed by atoms with van der Waals surface area (Å²) < 4.78 is 5.33. The van der Waals surface area contributed by atoms with E-state index >= 15 is 0 Å². The Labute approximate surface area is 140 Å². The first-order valence-corrected chi connectivity index (χ1v) is 8.29. The number of hydrogen-bond donors (Lipinski definition) is 4. The largest absolute Gasteiger partial charge is 0.391 e. The second-order valence-electron chi connectivity index (χ2n) is 6.03. The number of carbonyl (C=O) groups excluding carboxylic acids is 1. The molecule has 0 bridgehead atoms. The summed E-state index contributed by atoms with van der Waals surface area (Å²) in [5, 5.41) is 18.6. The van der Waals surface area contributed by atoms with Crippen LogP contribution < -0.4 is 16.0 Å². The zero-order valence-corrected chi connectivity index (χ0v) is 13.8. The van der Waals surface area contributed by atoms with Gasteiger partial charge >= 0.3 is 0 Å². The highest BCUT2D eigenvalue weighted by atomic mass is 16.5. The maximum atomic E-state index is 12.1. The summed E-state index contributed by atoms with van der Waals surface area (Å²) in [5.41, 5.74) is 0.533. The van der Waals surface area contributed by atoms with E-state index in [9.17, 15) is 9.90 Å². The maximum absolute atomic E-state index is 12.1. The lowest BCUT2D eigenvalue weighted by molar-refractivity contribution is -0.119. The molecule has 9 nitrogen and oxygen atoms in total. The van der Waals surface area contributed by atoms with Crippen LogP contribution in [-0.4, -0.2) is 77.4 Å². The van der Waals surface area contributed by atoms with Crippen molar-refractivity contribution in [3.05, 3.63) is 6.33 Å². The van der Waals surface area contributed by atoms with Crippen molar-refractivity contribution in [2.75, 3.05) is 55.3 Å². The zero-order chi connectivity index (χ0) is 16.9. The van der Waals surface area contributed by atoms with Gasteiger partial charge in [-0.25, -0.2) is 9.97 Å². The third kappa shape index (κ3) is 3.92. The molecular formula is C15H24N6O3. The SMILES string of the molecule is C[C@@H](O)[C@@H]1Nc2ncnc(NCCCN3CCOCC3)c2NC1=O.